The predicted molar refractivity (Wildman–Crippen MR) is 101 cm³/mol. The fraction of sp³-hybridized carbons (Fsp3) is 0.611. The van der Waals surface area contributed by atoms with Crippen molar-refractivity contribution in [2.75, 3.05) is 24.6 Å². The Balaban J connectivity index is 1.72. The van der Waals surface area contributed by atoms with E-state index in [1.807, 2.05) is 17.9 Å². The van der Waals surface area contributed by atoms with Crippen LogP contribution in [0, 0.1) is 0 Å². The third kappa shape index (κ3) is 3.07. The van der Waals surface area contributed by atoms with Crippen LogP contribution in [0.3, 0.4) is 0 Å². The van der Waals surface area contributed by atoms with Crippen molar-refractivity contribution < 1.29 is 16.8 Å². The van der Waals surface area contributed by atoms with Crippen LogP contribution >= 0.6 is 0 Å². The molecule has 2 heterocycles. The van der Waals surface area contributed by atoms with Gasteiger partial charge >= 0.3 is 0 Å². The zero-order chi connectivity index (χ0) is 18.5. The highest BCUT2D eigenvalue weighted by molar-refractivity contribution is 7.96. The van der Waals surface area contributed by atoms with E-state index in [0.717, 1.165) is 37.1 Å². The molecule has 0 unspecified atom stereocenters. The standard InChI is InChI=1S/C18H24N2O4S2/c1-13-19-8-9-20(13)17-11-25(21,22)12-18(17)26(23,24)16-7-6-14-4-2-3-5-15(14)10-16/h6-7,10,17-18H,2-5,8-9,11-12H2,1H3/t17-,18-/m0/s1. The first-order valence-corrected chi connectivity index (χ1v) is 12.5. The smallest absolute Gasteiger partial charge is 0.184 e. The largest absolute Gasteiger partial charge is 0.353 e. The van der Waals surface area contributed by atoms with Gasteiger partial charge in [-0.15, -0.1) is 0 Å². The number of sulfone groups is 2. The Morgan fingerprint density at radius 2 is 1.85 bits per heavy atom. The maximum absolute atomic E-state index is 13.4. The molecule has 1 aliphatic carbocycles. The van der Waals surface area contributed by atoms with Crippen LogP contribution in [0.1, 0.15) is 30.9 Å². The van der Waals surface area contributed by atoms with Crippen molar-refractivity contribution in [2.45, 2.75) is 48.8 Å². The molecule has 0 aromatic heterocycles. The third-order valence-electron chi connectivity index (χ3n) is 5.82. The summed E-state index contributed by atoms with van der Waals surface area (Å²) in [7, 11) is -7.12. The molecule has 0 radical (unpaired) electrons. The lowest BCUT2D eigenvalue weighted by Crippen LogP contribution is -2.47. The number of nitrogens with zero attached hydrogens (tertiary/aromatic N) is 2. The van der Waals surface area contributed by atoms with Gasteiger partial charge in [-0.2, -0.15) is 0 Å². The van der Waals surface area contributed by atoms with E-state index in [1.54, 1.807) is 12.1 Å². The van der Waals surface area contributed by atoms with Gasteiger partial charge in [0.05, 0.1) is 34.8 Å². The van der Waals surface area contributed by atoms with E-state index in [2.05, 4.69) is 4.99 Å². The van der Waals surface area contributed by atoms with Gasteiger partial charge in [0.1, 0.15) is 5.25 Å². The van der Waals surface area contributed by atoms with Gasteiger partial charge in [0.15, 0.2) is 19.7 Å². The van der Waals surface area contributed by atoms with Crippen molar-refractivity contribution in [1.29, 1.82) is 0 Å². The minimum Gasteiger partial charge on any atom is -0.353 e. The molecule has 4 rings (SSSR count). The summed E-state index contributed by atoms with van der Waals surface area (Å²) >= 11 is 0. The number of hydrogen-bond donors (Lipinski definition) is 0. The fourth-order valence-electron chi connectivity index (χ4n) is 4.42. The first kappa shape index (κ1) is 18.0. The lowest BCUT2D eigenvalue weighted by atomic mass is 9.92. The average Bonchev–Trinajstić information content (AvgIpc) is 3.17. The molecule has 26 heavy (non-hydrogen) atoms. The molecule has 3 aliphatic rings. The summed E-state index contributed by atoms with van der Waals surface area (Å²) in [6.45, 7) is 3.00. The Bertz CT molecular complexity index is 967. The van der Waals surface area contributed by atoms with Crippen LogP contribution in [-0.2, 0) is 32.5 Å². The highest BCUT2D eigenvalue weighted by Crippen LogP contribution is 2.32. The van der Waals surface area contributed by atoms with Gasteiger partial charge in [-0.3, -0.25) is 4.99 Å². The summed E-state index contributed by atoms with van der Waals surface area (Å²) in [5.74, 6) is 0.313. The molecule has 6 nitrogen and oxygen atoms in total. The maximum Gasteiger partial charge on any atom is 0.184 e. The summed E-state index contributed by atoms with van der Waals surface area (Å²) < 4.78 is 51.3. The summed E-state index contributed by atoms with van der Waals surface area (Å²) in [5, 5.41) is -0.933. The molecule has 142 valence electrons. The Labute approximate surface area is 155 Å². The SMILES string of the molecule is CC1=NCCN1[C@H]1CS(=O)(=O)C[C@@H]1S(=O)(=O)c1ccc2c(c1)CCCC2. The van der Waals surface area contributed by atoms with Gasteiger partial charge in [0.2, 0.25) is 0 Å². The van der Waals surface area contributed by atoms with Gasteiger partial charge in [0.25, 0.3) is 0 Å². The molecule has 1 saturated heterocycles. The first-order chi connectivity index (χ1) is 12.3. The molecular weight excluding hydrogens is 372 g/mol. The molecule has 0 saturated carbocycles. The molecule has 1 aromatic rings. The van der Waals surface area contributed by atoms with Gasteiger partial charge in [-0.05, 0) is 55.9 Å². The lowest BCUT2D eigenvalue weighted by Gasteiger charge is -2.30. The van der Waals surface area contributed by atoms with Crippen molar-refractivity contribution >= 4 is 25.5 Å². The molecule has 0 N–H and O–H groups in total. The second-order valence-electron chi connectivity index (χ2n) is 7.49. The van der Waals surface area contributed by atoms with E-state index < -0.39 is 31.0 Å². The van der Waals surface area contributed by atoms with Gasteiger partial charge in [0, 0.05) is 6.54 Å². The molecule has 0 spiro atoms. The Morgan fingerprint density at radius 1 is 1.12 bits per heavy atom. The van der Waals surface area contributed by atoms with E-state index >= 15 is 0 Å². The first-order valence-electron chi connectivity index (χ1n) is 9.12. The Morgan fingerprint density at radius 3 is 2.54 bits per heavy atom. The van der Waals surface area contributed by atoms with Crippen LogP contribution in [0.4, 0.5) is 0 Å². The van der Waals surface area contributed by atoms with Crippen LogP contribution in [0.25, 0.3) is 0 Å². The van der Waals surface area contributed by atoms with E-state index in [1.165, 1.54) is 5.56 Å². The van der Waals surface area contributed by atoms with E-state index in [4.69, 9.17) is 0 Å². The second kappa shape index (κ2) is 6.34. The summed E-state index contributed by atoms with van der Waals surface area (Å²) in [4.78, 5) is 6.44. The number of amidine groups is 1. The second-order valence-corrected chi connectivity index (χ2v) is 11.8. The number of benzene rings is 1. The summed E-state index contributed by atoms with van der Waals surface area (Å²) in [6.07, 6.45) is 4.08. The quantitative estimate of drug-likeness (QED) is 0.768. The maximum atomic E-state index is 13.4. The minimum absolute atomic E-state index is 0.116. The van der Waals surface area contributed by atoms with Crippen molar-refractivity contribution in [3.8, 4) is 0 Å². The Hall–Kier alpha value is -1.41. The topological polar surface area (TPSA) is 83.9 Å². The highest BCUT2D eigenvalue weighted by Gasteiger charge is 2.49. The zero-order valence-electron chi connectivity index (χ0n) is 14.9. The number of aliphatic imine (C=N–C) groups is 1. The van der Waals surface area contributed by atoms with Gasteiger partial charge in [-0.1, -0.05) is 6.07 Å². The average molecular weight is 397 g/mol. The predicted octanol–water partition coefficient (Wildman–Crippen LogP) is 1.24. The molecule has 0 bridgehead atoms. The summed E-state index contributed by atoms with van der Waals surface area (Å²) in [5.41, 5.74) is 2.31. The minimum atomic E-state index is -3.73. The molecular formula is C18H24N2O4S2. The third-order valence-corrected chi connectivity index (χ3v) is 9.93. The van der Waals surface area contributed by atoms with E-state index in [9.17, 15) is 16.8 Å². The van der Waals surface area contributed by atoms with E-state index in [-0.39, 0.29) is 16.4 Å². The van der Waals surface area contributed by atoms with Crippen molar-refractivity contribution in [1.82, 2.24) is 4.90 Å². The number of fused-ring (bicyclic) bond motifs is 1. The number of hydrogen-bond acceptors (Lipinski definition) is 6. The van der Waals surface area contributed by atoms with Crippen LogP contribution < -0.4 is 0 Å². The fourth-order valence-corrected chi connectivity index (χ4v) is 9.25. The van der Waals surface area contributed by atoms with Gasteiger partial charge < -0.3 is 4.90 Å². The highest BCUT2D eigenvalue weighted by atomic mass is 32.2. The van der Waals surface area contributed by atoms with Crippen LogP contribution in [0.15, 0.2) is 28.1 Å². The molecule has 1 aromatic carbocycles. The van der Waals surface area contributed by atoms with Crippen molar-refractivity contribution in [3.05, 3.63) is 29.3 Å². The van der Waals surface area contributed by atoms with Crippen molar-refractivity contribution in [2.24, 2.45) is 4.99 Å². The van der Waals surface area contributed by atoms with Crippen LogP contribution in [-0.4, -0.2) is 63.5 Å². The monoisotopic (exact) mass is 396 g/mol. The molecule has 2 aliphatic heterocycles. The lowest BCUT2D eigenvalue weighted by molar-refractivity contribution is 0.360. The molecule has 0 amide bonds. The van der Waals surface area contributed by atoms with E-state index in [0.29, 0.717) is 13.1 Å². The molecule has 8 heteroatoms. The van der Waals surface area contributed by atoms with Gasteiger partial charge in [-0.25, -0.2) is 16.8 Å². The number of aryl methyl sites for hydroxylation is 2. The molecule has 1 fully saturated rings. The normalized spacial score (nSPS) is 28.0. The van der Waals surface area contributed by atoms with Crippen LogP contribution in [0.5, 0.6) is 0 Å². The van der Waals surface area contributed by atoms with Crippen LogP contribution in [0.2, 0.25) is 0 Å². The summed E-state index contributed by atoms with van der Waals surface area (Å²) in [6, 6.07) is 4.79. The molecule has 2 atom stereocenters. The Kier molecular flexibility index (Phi) is 4.38. The number of rotatable bonds is 3. The van der Waals surface area contributed by atoms with Crippen molar-refractivity contribution in [3.63, 3.8) is 0 Å². The zero-order valence-corrected chi connectivity index (χ0v) is 16.5.